The Morgan fingerprint density at radius 1 is 1.17 bits per heavy atom. The van der Waals surface area contributed by atoms with E-state index in [4.69, 9.17) is 4.74 Å². The van der Waals surface area contributed by atoms with Gasteiger partial charge in [0.25, 0.3) is 0 Å². The van der Waals surface area contributed by atoms with Crippen LogP contribution in [0.1, 0.15) is 11.1 Å². The van der Waals surface area contributed by atoms with E-state index in [1.807, 2.05) is 18.2 Å². The maximum absolute atomic E-state index is 5.25. The van der Waals surface area contributed by atoms with Crippen molar-refractivity contribution in [3.8, 4) is 5.75 Å². The van der Waals surface area contributed by atoms with Crippen molar-refractivity contribution in [3.63, 3.8) is 0 Å². The number of aryl methyl sites for hydroxylation is 1. The molecule has 2 aromatic carbocycles. The summed E-state index contributed by atoms with van der Waals surface area (Å²) in [5.74, 6) is 0.932. The largest absolute Gasteiger partial charge is 0.496 e. The van der Waals surface area contributed by atoms with E-state index in [2.05, 4.69) is 52.4 Å². The van der Waals surface area contributed by atoms with Gasteiger partial charge in [-0.05, 0) is 42.3 Å². The van der Waals surface area contributed by atoms with Crippen LogP contribution in [0.2, 0.25) is 0 Å². The summed E-state index contributed by atoms with van der Waals surface area (Å²) in [4.78, 5) is 0. The molecular formula is C15H16BrNO. The molecule has 0 aromatic heterocycles. The molecule has 0 atom stereocenters. The number of methoxy groups -OCH3 is 1. The number of rotatable bonds is 4. The molecule has 0 amide bonds. The summed E-state index contributed by atoms with van der Waals surface area (Å²) in [6.07, 6.45) is 0. The van der Waals surface area contributed by atoms with E-state index >= 15 is 0 Å². The summed E-state index contributed by atoms with van der Waals surface area (Å²) in [5, 5.41) is 3.40. The molecule has 0 spiro atoms. The molecule has 18 heavy (non-hydrogen) atoms. The Morgan fingerprint density at radius 2 is 2.00 bits per heavy atom. The van der Waals surface area contributed by atoms with Gasteiger partial charge in [-0.3, -0.25) is 0 Å². The highest BCUT2D eigenvalue weighted by Gasteiger charge is 2.00. The molecule has 0 heterocycles. The molecule has 0 aliphatic rings. The van der Waals surface area contributed by atoms with Gasteiger partial charge in [0, 0.05) is 16.7 Å². The van der Waals surface area contributed by atoms with Crippen LogP contribution < -0.4 is 10.1 Å². The van der Waals surface area contributed by atoms with Gasteiger partial charge in [0.1, 0.15) is 5.75 Å². The first-order chi connectivity index (χ1) is 8.69. The fourth-order valence-corrected chi connectivity index (χ4v) is 2.25. The van der Waals surface area contributed by atoms with Crippen LogP contribution in [0.25, 0.3) is 0 Å². The molecule has 0 saturated carbocycles. The van der Waals surface area contributed by atoms with Crippen LogP contribution >= 0.6 is 15.9 Å². The number of nitrogens with one attached hydrogen (secondary N) is 1. The minimum Gasteiger partial charge on any atom is -0.496 e. The van der Waals surface area contributed by atoms with Gasteiger partial charge in [-0.1, -0.05) is 34.1 Å². The summed E-state index contributed by atoms with van der Waals surface area (Å²) < 4.78 is 6.33. The van der Waals surface area contributed by atoms with Gasteiger partial charge in [-0.15, -0.1) is 0 Å². The second-order valence-corrected chi connectivity index (χ2v) is 5.08. The van der Waals surface area contributed by atoms with Gasteiger partial charge in [0.05, 0.1) is 7.11 Å². The van der Waals surface area contributed by atoms with E-state index in [1.54, 1.807) is 7.11 Å². The van der Waals surface area contributed by atoms with E-state index in [0.29, 0.717) is 0 Å². The Kier molecular flexibility index (Phi) is 4.26. The summed E-state index contributed by atoms with van der Waals surface area (Å²) in [7, 11) is 1.70. The Balaban J connectivity index is 2.04. The highest BCUT2D eigenvalue weighted by molar-refractivity contribution is 9.10. The first kappa shape index (κ1) is 13.0. The van der Waals surface area contributed by atoms with Gasteiger partial charge < -0.3 is 10.1 Å². The predicted molar refractivity (Wildman–Crippen MR) is 79.2 cm³/mol. The SMILES string of the molecule is COc1ccc(CNc2cccc(Br)c2)cc1C. The molecule has 0 saturated heterocycles. The third-order valence-electron chi connectivity index (χ3n) is 2.78. The Hall–Kier alpha value is -1.48. The van der Waals surface area contributed by atoms with Crippen LogP contribution in [-0.4, -0.2) is 7.11 Å². The number of halogens is 1. The first-order valence-corrected chi connectivity index (χ1v) is 6.61. The zero-order valence-corrected chi connectivity index (χ0v) is 12.1. The van der Waals surface area contributed by atoms with Gasteiger partial charge in [0.15, 0.2) is 0 Å². The third-order valence-corrected chi connectivity index (χ3v) is 3.27. The summed E-state index contributed by atoms with van der Waals surface area (Å²) in [6.45, 7) is 2.86. The molecule has 2 aromatic rings. The quantitative estimate of drug-likeness (QED) is 0.905. The van der Waals surface area contributed by atoms with Crippen LogP contribution in [-0.2, 0) is 6.54 Å². The highest BCUT2D eigenvalue weighted by Crippen LogP contribution is 2.20. The van der Waals surface area contributed by atoms with Gasteiger partial charge >= 0.3 is 0 Å². The van der Waals surface area contributed by atoms with E-state index in [9.17, 15) is 0 Å². The van der Waals surface area contributed by atoms with Crippen molar-refractivity contribution < 1.29 is 4.74 Å². The molecule has 2 rings (SSSR count). The summed E-state index contributed by atoms with van der Waals surface area (Å²) in [6, 6.07) is 14.4. The van der Waals surface area contributed by atoms with Crippen LogP contribution in [0.3, 0.4) is 0 Å². The number of anilines is 1. The summed E-state index contributed by atoms with van der Waals surface area (Å²) in [5.41, 5.74) is 3.51. The summed E-state index contributed by atoms with van der Waals surface area (Å²) >= 11 is 3.46. The molecule has 2 nitrogen and oxygen atoms in total. The average Bonchev–Trinajstić information content (AvgIpc) is 2.37. The fourth-order valence-electron chi connectivity index (χ4n) is 1.85. The van der Waals surface area contributed by atoms with Gasteiger partial charge in [0.2, 0.25) is 0 Å². The minimum atomic E-state index is 0.807. The standard InChI is InChI=1S/C15H16BrNO/c1-11-8-12(6-7-15(11)18-2)10-17-14-5-3-4-13(16)9-14/h3-9,17H,10H2,1-2H3. The first-order valence-electron chi connectivity index (χ1n) is 5.82. The zero-order chi connectivity index (χ0) is 13.0. The molecule has 0 fully saturated rings. The molecular weight excluding hydrogens is 290 g/mol. The van der Waals surface area contributed by atoms with Crippen LogP contribution in [0.5, 0.6) is 5.75 Å². The average molecular weight is 306 g/mol. The molecule has 0 aliphatic heterocycles. The van der Waals surface area contributed by atoms with E-state index in [0.717, 1.165) is 28.0 Å². The molecule has 0 aliphatic carbocycles. The van der Waals surface area contributed by atoms with Crippen LogP contribution in [0.4, 0.5) is 5.69 Å². The predicted octanol–water partition coefficient (Wildman–Crippen LogP) is 4.38. The lowest BCUT2D eigenvalue weighted by atomic mass is 10.1. The fraction of sp³-hybridized carbons (Fsp3) is 0.200. The van der Waals surface area contributed by atoms with E-state index < -0.39 is 0 Å². The second-order valence-electron chi connectivity index (χ2n) is 4.17. The van der Waals surface area contributed by atoms with Crippen molar-refractivity contribution in [2.24, 2.45) is 0 Å². The normalized spacial score (nSPS) is 10.2. The van der Waals surface area contributed by atoms with Gasteiger partial charge in [-0.25, -0.2) is 0 Å². The maximum Gasteiger partial charge on any atom is 0.121 e. The maximum atomic E-state index is 5.25. The number of hydrogen-bond acceptors (Lipinski definition) is 2. The number of benzene rings is 2. The van der Waals surface area contributed by atoms with E-state index in [-0.39, 0.29) is 0 Å². The number of hydrogen-bond donors (Lipinski definition) is 1. The molecule has 3 heteroatoms. The van der Waals surface area contributed by atoms with Crippen molar-refractivity contribution in [3.05, 3.63) is 58.1 Å². The molecule has 0 unspecified atom stereocenters. The Labute approximate surface area is 116 Å². The van der Waals surface area contributed by atoms with Crippen molar-refractivity contribution in [2.45, 2.75) is 13.5 Å². The molecule has 0 bridgehead atoms. The minimum absolute atomic E-state index is 0.807. The highest BCUT2D eigenvalue weighted by atomic mass is 79.9. The second kappa shape index (κ2) is 5.91. The van der Waals surface area contributed by atoms with Crippen molar-refractivity contribution in [2.75, 3.05) is 12.4 Å². The van der Waals surface area contributed by atoms with Crippen LogP contribution in [0, 0.1) is 6.92 Å². The Morgan fingerprint density at radius 3 is 2.67 bits per heavy atom. The van der Waals surface area contributed by atoms with Crippen molar-refractivity contribution >= 4 is 21.6 Å². The topological polar surface area (TPSA) is 21.3 Å². The van der Waals surface area contributed by atoms with Crippen molar-refractivity contribution in [1.82, 2.24) is 0 Å². The van der Waals surface area contributed by atoms with Crippen LogP contribution in [0.15, 0.2) is 46.9 Å². The molecule has 94 valence electrons. The monoisotopic (exact) mass is 305 g/mol. The molecule has 1 N–H and O–H groups in total. The van der Waals surface area contributed by atoms with E-state index in [1.165, 1.54) is 5.56 Å². The molecule has 0 radical (unpaired) electrons. The zero-order valence-electron chi connectivity index (χ0n) is 10.5. The smallest absolute Gasteiger partial charge is 0.121 e. The van der Waals surface area contributed by atoms with Crippen molar-refractivity contribution in [1.29, 1.82) is 0 Å². The Bertz CT molecular complexity index is 540. The van der Waals surface area contributed by atoms with Gasteiger partial charge in [-0.2, -0.15) is 0 Å². The lowest BCUT2D eigenvalue weighted by molar-refractivity contribution is 0.411. The third kappa shape index (κ3) is 3.26. The lowest BCUT2D eigenvalue weighted by Gasteiger charge is -2.09. The lowest BCUT2D eigenvalue weighted by Crippen LogP contribution is -2.00. The number of ether oxygens (including phenoxy) is 1.